The number of amides is 2. The van der Waals surface area contributed by atoms with E-state index >= 15 is 0 Å². The molecule has 0 aliphatic carbocycles. The molecule has 0 aliphatic heterocycles. The molecule has 0 unspecified atom stereocenters. The molecule has 0 atom stereocenters. The van der Waals surface area contributed by atoms with Crippen LogP contribution >= 0.6 is 0 Å². The number of rotatable bonds is 6. The number of benzene rings is 2. The summed E-state index contributed by atoms with van der Waals surface area (Å²) in [6.45, 7) is 2.54. The standard InChI is InChI=1S/C22H23N7O2/c1-14-4-2-5-17(12-14)27-22(31)26-16-8-6-15(7-9-16)19-18-20(23)24-13-25-21(18)29(28-19)10-3-11-30/h2,4-9,12-13,30H,3,10-11H2,1H3,(H2,23,24,25)(H2,26,27,31). The largest absolute Gasteiger partial charge is 0.396 e. The summed E-state index contributed by atoms with van der Waals surface area (Å²) in [5, 5.41) is 20.1. The van der Waals surface area contributed by atoms with E-state index in [0.29, 0.717) is 41.2 Å². The van der Waals surface area contributed by atoms with Crippen LogP contribution in [0.25, 0.3) is 22.3 Å². The smallest absolute Gasteiger partial charge is 0.323 e. The van der Waals surface area contributed by atoms with E-state index in [1.165, 1.54) is 6.33 Å². The van der Waals surface area contributed by atoms with Gasteiger partial charge in [-0.25, -0.2) is 19.4 Å². The Kier molecular flexibility index (Phi) is 5.76. The molecule has 2 amide bonds. The van der Waals surface area contributed by atoms with Crippen molar-refractivity contribution in [3.05, 3.63) is 60.4 Å². The number of nitrogen functional groups attached to an aromatic ring is 1. The summed E-state index contributed by atoms with van der Waals surface area (Å²) in [4.78, 5) is 20.7. The van der Waals surface area contributed by atoms with Gasteiger partial charge in [-0.3, -0.25) is 0 Å². The number of aliphatic hydroxyl groups excluding tert-OH is 1. The maximum Gasteiger partial charge on any atom is 0.323 e. The molecule has 4 rings (SSSR count). The Hall–Kier alpha value is -3.98. The molecule has 2 aromatic carbocycles. The lowest BCUT2D eigenvalue weighted by Gasteiger charge is -2.09. The average Bonchev–Trinajstić information content (AvgIpc) is 3.13. The van der Waals surface area contributed by atoms with E-state index in [-0.39, 0.29) is 12.6 Å². The lowest BCUT2D eigenvalue weighted by atomic mass is 10.1. The van der Waals surface area contributed by atoms with Gasteiger partial charge in [-0.2, -0.15) is 5.10 Å². The molecule has 0 saturated carbocycles. The van der Waals surface area contributed by atoms with Crippen LogP contribution in [0, 0.1) is 6.92 Å². The number of aliphatic hydroxyl groups is 1. The van der Waals surface area contributed by atoms with Crippen LogP contribution in [0.5, 0.6) is 0 Å². The molecule has 5 N–H and O–H groups in total. The van der Waals surface area contributed by atoms with Gasteiger partial charge in [0.2, 0.25) is 0 Å². The molecule has 31 heavy (non-hydrogen) atoms. The second-order valence-electron chi connectivity index (χ2n) is 7.13. The van der Waals surface area contributed by atoms with Crippen molar-refractivity contribution < 1.29 is 9.90 Å². The first-order chi connectivity index (χ1) is 15.0. The molecule has 4 aromatic rings. The first kappa shape index (κ1) is 20.3. The Morgan fingerprint density at radius 2 is 1.87 bits per heavy atom. The molecule has 2 aromatic heterocycles. The lowest BCUT2D eigenvalue weighted by molar-refractivity contribution is 0.262. The van der Waals surface area contributed by atoms with Gasteiger partial charge in [0.05, 0.1) is 5.39 Å². The Labute approximate surface area is 178 Å². The fraction of sp³-hybridized carbons (Fsp3) is 0.182. The Morgan fingerprint density at radius 1 is 1.10 bits per heavy atom. The summed E-state index contributed by atoms with van der Waals surface area (Å²) >= 11 is 0. The summed E-state index contributed by atoms with van der Waals surface area (Å²) < 4.78 is 1.72. The normalized spacial score (nSPS) is 10.9. The highest BCUT2D eigenvalue weighted by Gasteiger charge is 2.17. The summed E-state index contributed by atoms with van der Waals surface area (Å²) in [5.41, 5.74) is 10.6. The third kappa shape index (κ3) is 4.46. The number of fused-ring (bicyclic) bond motifs is 1. The van der Waals surface area contributed by atoms with E-state index in [1.54, 1.807) is 16.8 Å². The Morgan fingerprint density at radius 3 is 2.61 bits per heavy atom. The number of nitrogens with one attached hydrogen (secondary N) is 2. The molecule has 0 aliphatic rings. The van der Waals surface area contributed by atoms with Crippen LogP contribution in [0.4, 0.5) is 22.0 Å². The van der Waals surface area contributed by atoms with Crippen molar-refractivity contribution in [1.29, 1.82) is 0 Å². The molecule has 0 fully saturated rings. The van der Waals surface area contributed by atoms with Gasteiger partial charge >= 0.3 is 6.03 Å². The first-order valence-corrected chi connectivity index (χ1v) is 9.88. The van der Waals surface area contributed by atoms with Gasteiger partial charge in [-0.15, -0.1) is 0 Å². The lowest BCUT2D eigenvalue weighted by Crippen LogP contribution is -2.19. The van der Waals surface area contributed by atoms with E-state index in [9.17, 15) is 4.79 Å². The summed E-state index contributed by atoms with van der Waals surface area (Å²) in [6.07, 6.45) is 1.96. The zero-order chi connectivity index (χ0) is 21.8. The number of carbonyl (C=O) groups is 1. The molecule has 9 nitrogen and oxygen atoms in total. The third-order valence-electron chi connectivity index (χ3n) is 4.78. The number of aromatic nitrogens is 4. The van der Waals surface area contributed by atoms with Crippen LogP contribution < -0.4 is 16.4 Å². The maximum absolute atomic E-state index is 12.3. The van der Waals surface area contributed by atoms with Crippen LogP contribution in [-0.4, -0.2) is 37.5 Å². The average molecular weight is 417 g/mol. The van der Waals surface area contributed by atoms with Gasteiger partial charge in [0.15, 0.2) is 5.65 Å². The molecular weight excluding hydrogens is 394 g/mol. The van der Waals surface area contributed by atoms with Crippen LogP contribution in [0.1, 0.15) is 12.0 Å². The minimum Gasteiger partial charge on any atom is -0.396 e. The zero-order valence-corrected chi connectivity index (χ0v) is 17.0. The topological polar surface area (TPSA) is 131 Å². The first-order valence-electron chi connectivity index (χ1n) is 9.88. The van der Waals surface area contributed by atoms with Gasteiger partial charge in [-0.1, -0.05) is 24.3 Å². The van der Waals surface area contributed by atoms with Gasteiger partial charge in [-0.05, 0) is 43.2 Å². The van der Waals surface area contributed by atoms with E-state index in [2.05, 4.69) is 25.7 Å². The van der Waals surface area contributed by atoms with E-state index in [4.69, 9.17) is 10.8 Å². The van der Waals surface area contributed by atoms with Crippen molar-refractivity contribution in [2.45, 2.75) is 19.9 Å². The van der Waals surface area contributed by atoms with Crippen molar-refractivity contribution in [2.75, 3.05) is 23.0 Å². The predicted molar refractivity (Wildman–Crippen MR) is 121 cm³/mol. The van der Waals surface area contributed by atoms with Gasteiger partial charge < -0.3 is 21.5 Å². The number of anilines is 3. The number of nitrogens with zero attached hydrogens (tertiary/aromatic N) is 4. The number of hydrogen-bond donors (Lipinski definition) is 4. The number of carbonyl (C=O) groups excluding carboxylic acids is 1. The SMILES string of the molecule is Cc1cccc(NC(=O)Nc2ccc(-c3nn(CCCO)c4ncnc(N)c34)cc2)c1. The van der Waals surface area contributed by atoms with Crippen LogP contribution in [-0.2, 0) is 6.54 Å². The third-order valence-corrected chi connectivity index (χ3v) is 4.78. The molecule has 0 radical (unpaired) electrons. The minimum absolute atomic E-state index is 0.0578. The monoisotopic (exact) mass is 417 g/mol. The van der Waals surface area contributed by atoms with Crippen molar-refractivity contribution in [1.82, 2.24) is 19.7 Å². The van der Waals surface area contributed by atoms with Crippen molar-refractivity contribution >= 4 is 34.3 Å². The number of urea groups is 1. The summed E-state index contributed by atoms with van der Waals surface area (Å²) in [6, 6.07) is 14.6. The van der Waals surface area contributed by atoms with Gasteiger partial charge in [0, 0.05) is 30.1 Å². The number of aryl methyl sites for hydroxylation is 2. The summed E-state index contributed by atoms with van der Waals surface area (Å²) in [7, 11) is 0. The maximum atomic E-state index is 12.3. The van der Waals surface area contributed by atoms with Crippen LogP contribution in [0.2, 0.25) is 0 Å². The van der Waals surface area contributed by atoms with Crippen LogP contribution in [0.15, 0.2) is 54.9 Å². The highest BCUT2D eigenvalue weighted by atomic mass is 16.3. The summed E-state index contributed by atoms with van der Waals surface area (Å²) in [5.74, 6) is 0.343. The molecule has 2 heterocycles. The Bertz CT molecular complexity index is 1220. The van der Waals surface area contributed by atoms with E-state index in [0.717, 1.165) is 16.8 Å². The second kappa shape index (κ2) is 8.80. The molecular formula is C22H23N7O2. The quantitative estimate of drug-likeness (QED) is 0.380. The fourth-order valence-corrected chi connectivity index (χ4v) is 3.34. The molecule has 0 bridgehead atoms. The number of hydrogen-bond acceptors (Lipinski definition) is 6. The highest BCUT2D eigenvalue weighted by Crippen LogP contribution is 2.30. The molecule has 9 heteroatoms. The Balaban J connectivity index is 1.55. The van der Waals surface area contributed by atoms with Gasteiger partial charge in [0.25, 0.3) is 0 Å². The zero-order valence-electron chi connectivity index (χ0n) is 17.0. The molecule has 0 spiro atoms. The highest BCUT2D eigenvalue weighted by molar-refractivity contribution is 6.01. The van der Waals surface area contributed by atoms with Crippen molar-refractivity contribution in [3.63, 3.8) is 0 Å². The molecule has 0 saturated heterocycles. The molecule has 158 valence electrons. The predicted octanol–water partition coefficient (Wildman–Crippen LogP) is 3.41. The van der Waals surface area contributed by atoms with E-state index < -0.39 is 0 Å². The minimum atomic E-state index is -0.324. The second-order valence-corrected chi connectivity index (χ2v) is 7.13. The van der Waals surface area contributed by atoms with Crippen molar-refractivity contribution in [2.24, 2.45) is 0 Å². The number of nitrogens with two attached hydrogens (primary N) is 1. The van der Waals surface area contributed by atoms with Crippen LogP contribution in [0.3, 0.4) is 0 Å². The van der Waals surface area contributed by atoms with E-state index in [1.807, 2.05) is 43.3 Å². The van der Waals surface area contributed by atoms with Crippen molar-refractivity contribution in [3.8, 4) is 11.3 Å². The van der Waals surface area contributed by atoms with Gasteiger partial charge in [0.1, 0.15) is 17.8 Å². The fourth-order valence-electron chi connectivity index (χ4n) is 3.34.